The summed E-state index contributed by atoms with van der Waals surface area (Å²) in [6, 6.07) is 33.5. The number of furan rings is 1. The number of aromatic nitrogens is 4. The van der Waals surface area contributed by atoms with E-state index in [0.717, 1.165) is 62.1 Å². The van der Waals surface area contributed by atoms with Crippen LogP contribution >= 0.6 is 0 Å². The van der Waals surface area contributed by atoms with Crippen LogP contribution in [-0.2, 0) is 26.5 Å². The first-order valence-corrected chi connectivity index (χ1v) is 19.7. The molecule has 0 aliphatic rings. The maximum Gasteiger partial charge on any atom is 0.216 e. The van der Waals surface area contributed by atoms with E-state index in [1.54, 1.807) is 0 Å². The number of hydrogen-bond donors (Lipinski definition) is 0. The van der Waals surface area contributed by atoms with Gasteiger partial charge in [0.2, 0.25) is 5.71 Å². The van der Waals surface area contributed by atoms with Gasteiger partial charge in [-0.1, -0.05) is 68.2 Å². The molecule has 4 aromatic heterocycles. The molecule has 3 aromatic carbocycles. The number of fused-ring (bicyclic) bond motifs is 4. The van der Waals surface area contributed by atoms with Crippen molar-refractivity contribution < 1.29 is 24.5 Å². The number of imidazole rings is 1. The summed E-state index contributed by atoms with van der Waals surface area (Å²) in [5.41, 5.74) is 8.97. The minimum absolute atomic E-state index is 0. The SMILES string of the molecule is CC(C)Cc1cc(-c2[c-]cccc2)ncc1[Si](C)(C)C.Cc1ccc2c(n1)oc1c(-c3nc4ccccc4n3C(C)C)[c-]ccc12.[Ir]. The minimum Gasteiger partial charge on any atom is -0.486 e. The number of pyridine rings is 2. The van der Waals surface area contributed by atoms with Gasteiger partial charge in [0.1, 0.15) is 0 Å². The summed E-state index contributed by atoms with van der Waals surface area (Å²) in [4.78, 5) is 14.1. The Bertz CT molecular complexity index is 2140. The van der Waals surface area contributed by atoms with Crippen LogP contribution in [0.1, 0.15) is 45.0 Å². The first-order valence-electron chi connectivity index (χ1n) is 16.2. The molecule has 0 aliphatic heterocycles. The van der Waals surface area contributed by atoms with Crippen molar-refractivity contribution in [2.24, 2.45) is 5.92 Å². The zero-order valence-corrected chi connectivity index (χ0v) is 31.9. The van der Waals surface area contributed by atoms with Gasteiger partial charge >= 0.3 is 0 Å². The fraction of sp³-hybridized carbons (Fsp3) is 0.275. The average Bonchev–Trinajstić information content (AvgIpc) is 3.59. The molecular formula is C40H42IrN4OSi-2. The summed E-state index contributed by atoms with van der Waals surface area (Å²) >= 11 is 0. The van der Waals surface area contributed by atoms with Crippen molar-refractivity contribution in [2.75, 3.05) is 0 Å². The molecule has 0 amide bonds. The molecule has 0 unspecified atom stereocenters. The largest absolute Gasteiger partial charge is 0.486 e. The number of nitrogens with zero attached hydrogens (tertiary/aromatic N) is 4. The summed E-state index contributed by atoms with van der Waals surface area (Å²) in [6.07, 6.45) is 3.24. The van der Waals surface area contributed by atoms with E-state index in [0.29, 0.717) is 11.6 Å². The van der Waals surface area contributed by atoms with Crippen LogP contribution in [0.3, 0.4) is 0 Å². The Balaban J connectivity index is 0.000000188. The number of aryl methyl sites for hydroxylation is 1. The Morgan fingerprint density at radius 1 is 0.851 bits per heavy atom. The van der Waals surface area contributed by atoms with E-state index in [-0.39, 0.29) is 26.1 Å². The van der Waals surface area contributed by atoms with Crippen LogP contribution in [0.15, 0.2) is 89.5 Å². The Morgan fingerprint density at radius 3 is 2.32 bits per heavy atom. The fourth-order valence-electron chi connectivity index (χ4n) is 6.11. The van der Waals surface area contributed by atoms with Crippen LogP contribution in [0.5, 0.6) is 0 Å². The fourth-order valence-corrected chi connectivity index (χ4v) is 7.69. The third kappa shape index (κ3) is 7.18. The zero-order chi connectivity index (χ0) is 32.6. The molecule has 4 heterocycles. The third-order valence-electron chi connectivity index (χ3n) is 8.18. The quantitative estimate of drug-likeness (QED) is 0.124. The molecule has 0 aliphatic carbocycles. The van der Waals surface area contributed by atoms with Gasteiger partial charge in [-0.05, 0) is 68.3 Å². The van der Waals surface area contributed by atoms with Gasteiger partial charge in [0, 0.05) is 43.4 Å². The molecule has 7 aromatic rings. The van der Waals surface area contributed by atoms with Crippen molar-refractivity contribution in [3.63, 3.8) is 0 Å². The second kappa shape index (κ2) is 14.1. The maximum absolute atomic E-state index is 6.15. The van der Waals surface area contributed by atoms with Crippen LogP contribution in [-0.4, -0.2) is 27.6 Å². The Morgan fingerprint density at radius 2 is 1.62 bits per heavy atom. The predicted octanol–water partition coefficient (Wildman–Crippen LogP) is 9.98. The molecule has 0 bridgehead atoms. The monoisotopic (exact) mass is 815 g/mol. The molecule has 5 nitrogen and oxygen atoms in total. The molecule has 0 fully saturated rings. The maximum atomic E-state index is 6.15. The zero-order valence-electron chi connectivity index (χ0n) is 28.5. The van der Waals surface area contributed by atoms with Crippen molar-refractivity contribution in [1.82, 2.24) is 19.5 Å². The molecule has 0 atom stereocenters. The second-order valence-electron chi connectivity index (χ2n) is 13.7. The van der Waals surface area contributed by atoms with E-state index >= 15 is 0 Å². The number of hydrogen-bond acceptors (Lipinski definition) is 4. The van der Waals surface area contributed by atoms with Crippen molar-refractivity contribution in [3.05, 3.63) is 108 Å². The molecule has 0 N–H and O–H groups in total. The Hall–Kier alpha value is -3.90. The van der Waals surface area contributed by atoms with Gasteiger partial charge in [0.15, 0.2) is 0 Å². The second-order valence-corrected chi connectivity index (χ2v) is 18.8. The summed E-state index contributed by atoms with van der Waals surface area (Å²) in [6.45, 7) is 18.0. The van der Waals surface area contributed by atoms with E-state index in [9.17, 15) is 0 Å². The molecule has 0 saturated carbocycles. The molecule has 0 saturated heterocycles. The van der Waals surface area contributed by atoms with Crippen molar-refractivity contribution in [2.45, 2.75) is 66.7 Å². The first kappa shape index (κ1) is 34.4. The molecule has 7 rings (SSSR count). The van der Waals surface area contributed by atoms with Crippen LogP contribution in [0.2, 0.25) is 19.6 Å². The molecular weight excluding hydrogens is 773 g/mol. The van der Waals surface area contributed by atoms with E-state index < -0.39 is 8.07 Å². The van der Waals surface area contributed by atoms with Gasteiger partial charge in [0.05, 0.1) is 30.5 Å². The van der Waals surface area contributed by atoms with Crippen LogP contribution in [0, 0.1) is 25.0 Å². The molecule has 47 heavy (non-hydrogen) atoms. The molecule has 7 heteroatoms. The summed E-state index contributed by atoms with van der Waals surface area (Å²) in [5, 5.41) is 3.56. The van der Waals surface area contributed by atoms with Crippen molar-refractivity contribution >= 4 is 46.4 Å². The van der Waals surface area contributed by atoms with Crippen LogP contribution in [0.25, 0.3) is 55.7 Å². The number of rotatable bonds is 6. The Kier molecular flexibility index (Phi) is 10.3. The van der Waals surface area contributed by atoms with Crippen molar-refractivity contribution in [3.8, 4) is 22.6 Å². The van der Waals surface area contributed by atoms with Gasteiger partial charge < -0.3 is 14.0 Å². The average molecular weight is 815 g/mol. The van der Waals surface area contributed by atoms with Gasteiger partial charge in [0.25, 0.3) is 0 Å². The van der Waals surface area contributed by atoms with Crippen molar-refractivity contribution in [1.29, 1.82) is 0 Å². The summed E-state index contributed by atoms with van der Waals surface area (Å²) in [5.74, 6) is 1.54. The van der Waals surface area contributed by atoms with Gasteiger partial charge in [-0.2, -0.15) is 0 Å². The third-order valence-corrected chi connectivity index (χ3v) is 10.3. The van der Waals surface area contributed by atoms with Crippen LogP contribution < -0.4 is 5.19 Å². The van der Waals surface area contributed by atoms with E-state index in [1.807, 2.05) is 61.5 Å². The van der Waals surface area contributed by atoms with Crippen LogP contribution in [0.4, 0.5) is 0 Å². The number of para-hydroxylation sites is 2. The van der Waals surface area contributed by atoms with E-state index in [2.05, 4.69) is 104 Å². The summed E-state index contributed by atoms with van der Waals surface area (Å²) in [7, 11) is -1.34. The van der Waals surface area contributed by atoms with Gasteiger partial charge in [-0.3, -0.25) is 4.98 Å². The Labute approximate surface area is 292 Å². The standard InChI is InChI=1S/C22H18N3O.C18H24NSi.Ir/c1-13(2)25-19-10-5-4-9-18(19)24-21(25)17-8-6-7-15-16-12-11-14(3)23-22(16)26-20(15)17;1-14(2)11-16-12-17(15-9-7-6-8-10-15)19-13-18(16)20(3,4)5;/h4-7,9-13H,1-3H3;6-9,12-14H,11H2,1-5H3;/q2*-1;. The topological polar surface area (TPSA) is 56.7 Å². The normalized spacial score (nSPS) is 11.7. The predicted molar refractivity (Wildman–Crippen MR) is 194 cm³/mol. The smallest absolute Gasteiger partial charge is 0.216 e. The first-order chi connectivity index (χ1) is 22.0. The number of benzene rings is 3. The van der Waals surface area contributed by atoms with E-state index in [4.69, 9.17) is 9.40 Å². The minimum atomic E-state index is -1.34. The molecule has 243 valence electrons. The van der Waals surface area contributed by atoms with Gasteiger partial charge in [-0.15, -0.1) is 54.1 Å². The molecule has 1 radical (unpaired) electrons. The van der Waals surface area contributed by atoms with E-state index in [1.165, 1.54) is 10.8 Å². The molecule has 0 spiro atoms. The summed E-state index contributed by atoms with van der Waals surface area (Å²) < 4.78 is 8.40. The van der Waals surface area contributed by atoms with Gasteiger partial charge in [-0.25, -0.2) is 4.98 Å².